The average molecular weight is 397 g/mol. The van der Waals surface area contributed by atoms with Gasteiger partial charge in [-0.2, -0.15) is 5.26 Å². The third-order valence-corrected chi connectivity index (χ3v) is 3.97. The third kappa shape index (κ3) is 3.32. The number of nitrogens with zero attached hydrogens (tertiary/aromatic N) is 3. The Morgan fingerprint density at radius 3 is 2.80 bits per heavy atom. The van der Waals surface area contributed by atoms with Crippen LogP contribution in [0.25, 0.3) is 22.6 Å². The molecule has 0 aliphatic heterocycles. The van der Waals surface area contributed by atoms with Gasteiger partial charge in [0, 0.05) is 10.5 Å². The molecule has 1 heterocycles. The number of halogens is 1. The number of nitrogens with one attached hydrogen (secondary N) is 1. The number of benzene rings is 2. The number of aromatic amines is 1. The van der Waals surface area contributed by atoms with Gasteiger partial charge in [0.1, 0.15) is 6.07 Å². The summed E-state index contributed by atoms with van der Waals surface area (Å²) in [7, 11) is 0. The molecule has 0 bridgehead atoms. The van der Waals surface area contributed by atoms with Crippen LogP contribution in [0.4, 0.5) is 5.69 Å². The van der Waals surface area contributed by atoms with Gasteiger partial charge in [0.15, 0.2) is 5.82 Å². The molecule has 1 aromatic heterocycles. The first kappa shape index (κ1) is 16.5. The summed E-state index contributed by atoms with van der Waals surface area (Å²) in [5.41, 5.74) is 0.164. The first-order valence-electron chi connectivity index (χ1n) is 7.05. The lowest BCUT2D eigenvalue weighted by Crippen LogP contribution is -2.11. The molecule has 7 nitrogen and oxygen atoms in total. The van der Waals surface area contributed by atoms with Gasteiger partial charge in [-0.05, 0) is 30.3 Å². The van der Waals surface area contributed by atoms with Gasteiger partial charge < -0.3 is 4.98 Å². The van der Waals surface area contributed by atoms with Gasteiger partial charge in [0.2, 0.25) is 0 Å². The lowest BCUT2D eigenvalue weighted by atomic mass is 10.1. The summed E-state index contributed by atoms with van der Waals surface area (Å²) < 4.78 is 0.732. The Labute approximate surface area is 149 Å². The molecule has 0 aliphatic rings. The normalized spacial score (nSPS) is 11.3. The minimum atomic E-state index is -0.533. The molecule has 0 saturated heterocycles. The lowest BCUT2D eigenvalue weighted by molar-refractivity contribution is -0.385. The highest BCUT2D eigenvalue weighted by Crippen LogP contribution is 2.23. The molecule has 0 fully saturated rings. The molecule has 1 N–H and O–H groups in total. The highest BCUT2D eigenvalue weighted by Gasteiger charge is 2.14. The van der Waals surface area contributed by atoms with Gasteiger partial charge in [-0.1, -0.05) is 28.1 Å². The summed E-state index contributed by atoms with van der Waals surface area (Å²) in [6, 6.07) is 13.0. The second-order valence-electron chi connectivity index (χ2n) is 5.06. The largest absolute Gasteiger partial charge is 0.305 e. The van der Waals surface area contributed by atoms with E-state index in [4.69, 9.17) is 0 Å². The SMILES string of the molecule is N#C/C(=C/c1ccccc1[N+](=O)[O-])c1nc2ccc(Br)cc2c(=O)[nH]1. The van der Waals surface area contributed by atoms with E-state index in [1.165, 1.54) is 24.3 Å². The predicted molar refractivity (Wildman–Crippen MR) is 96.6 cm³/mol. The van der Waals surface area contributed by atoms with Crippen LogP contribution in [0.3, 0.4) is 0 Å². The van der Waals surface area contributed by atoms with Crippen LogP contribution < -0.4 is 5.56 Å². The molecule has 0 aliphatic carbocycles. The number of hydrogen-bond donors (Lipinski definition) is 1. The first-order chi connectivity index (χ1) is 12.0. The van der Waals surface area contributed by atoms with Crippen LogP contribution >= 0.6 is 15.9 Å². The van der Waals surface area contributed by atoms with E-state index in [-0.39, 0.29) is 22.6 Å². The predicted octanol–water partition coefficient (Wildman–Crippen LogP) is 3.66. The third-order valence-electron chi connectivity index (χ3n) is 3.48. The maximum Gasteiger partial charge on any atom is 0.276 e. The second kappa shape index (κ2) is 6.67. The zero-order valence-corrected chi connectivity index (χ0v) is 14.1. The summed E-state index contributed by atoms with van der Waals surface area (Å²) in [5, 5.41) is 20.9. The Morgan fingerprint density at radius 1 is 1.32 bits per heavy atom. The fourth-order valence-corrected chi connectivity index (χ4v) is 2.68. The Balaban J connectivity index is 2.19. The summed E-state index contributed by atoms with van der Waals surface area (Å²) in [6.07, 6.45) is 1.33. The van der Waals surface area contributed by atoms with E-state index >= 15 is 0 Å². The van der Waals surface area contributed by atoms with Crippen molar-refractivity contribution in [2.75, 3.05) is 0 Å². The Kier molecular flexibility index (Phi) is 4.41. The van der Waals surface area contributed by atoms with E-state index < -0.39 is 10.5 Å². The van der Waals surface area contributed by atoms with Gasteiger partial charge in [-0.25, -0.2) is 4.98 Å². The van der Waals surface area contributed by atoms with E-state index in [9.17, 15) is 20.2 Å². The summed E-state index contributed by atoms with van der Waals surface area (Å²) >= 11 is 3.29. The van der Waals surface area contributed by atoms with E-state index in [1.807, 2.05) is 6.07 Å². The molecule has 2 aromatic carbocycles. The second-order valence-corrected chi connectivity index (χ2v) is 5.98. The number of nitro groups is 1. The van der Waals surface area contributed by atoms with Gasteiger partial charge >= 0.3 is 0 Å². The number of nitro benzene ring substituents is 1. The van der Waals surface area contributed by atoms with Gasteiger partial charge in [0.25, 0.3) is 11.2 Å². The number of fused-ring (bicyclic) bond motifs is 1. The minimum Gasteiger partial charge on any atom is -0.305 e. The van der Waals surface area contributed by atoms with E-state index in [1.54, 1.807) is 24.3 Å². The van der Waals surface area contributed by atoms with Crippen LogP contribution in [0.2, 0.25) is 0 Å². The molecule has 25 heavy (non-hydrogen) atoms. The first-order valence-corrected chi connectivity index (χ1v) is 7.84. The summed E-state index contributed by atoms with van der Waals surface area (Å²) in [6.45, 7) is 0. The van der Waals surface area contributed by atoms with E-state index in [0.717, 1.165) is 4.47 Å². The average Bonchev–Trinajstić information content (AvgIpc) is 2.60. The Hall–Kier alpha value is -3.31. The van der Waals surface area contributed by atoms with E-state index in [0.29, 0.717) is 10.9 Å². The molecule has 3 rings (SSSR count). The molecular formula is C17H9BrN4O3. The lowest BCUT2D eigenvalue weighted by Gasteiger charge is -2.03. The molecule has 8 heteroatoms. The van der Waals surface area contributed by atoms with Crippen molar-refractivity contribution in [3.63, 3.8) is 0 Å². The number of aromatic nitrogens is 2. The number of H-pyrrole nitrogens is 1. The van der Waals surface area contributed by atoms with Crippen LogP contribution in [0.5, 0.6) is 0 Å². The zero-order valence-electron chi connectivity index (χ0n) is 12.6. The van der Waals surface area contributed by atoms with Crippen molar-refractivity contribution in [3.05, 3.63) is 78.8 Å². The standard InChI is InChI=1S/C17H9BrN4O3/c18-12-5-6-14-13(8-12)17(23)21-16(20-14)11(9-19)7-10-3-1-2-4-15(10)22(24)25/h1-8H,(H,20,21,23)/b11-7-. The Morgan fingerprint density at radius 2 is 2.08 bits per heavy atom. The van der Waals surface area contributed by atoms with Crippen molar-refractivity contribution in [1.82, 2.24) is 9.97 Å². The highest BCUT2D eigenvalue weighted by molar-refractivity contribution is 9.10. The molecule has 0 saturated carbocycles. The topological polar surface area (TPSA) is 113 Å². The smallest absolute Gasteiger partial charge is 0.276 e. The van der Waals surface area contributed by atoms with Crippen LogP contribution in [0.15, 0.2) is 51.7 Å². The molecule has 0 spiro atoms. The number of nitriles is 1. The molecular weight excluding hydrogens is 388 g/mol. The summed E-state index contributed by atoms with van der Waals surface area (Å²) in [5.74, 6) is 0.0560. The fraction of sp³-hybridized carbons (Fsp3) is 0. The number of rotatable bonds is 3. The van der Waals surface area contributed by atoms with Gasteiger partial charge in [-0.15, -0.1) is 0 Å². The van der Waals surface area contributed by atoms with Crippen LogP contribution in [0, 0.1) is 21.4 Å². The molecule has 3 aromatic rings. The fourth-order valence-electron chi connectivity index (χ4n) is 2.32. The van der Waals surface area contributed by atoms with Crippen LogP contribution in [-0.2, 0) is 0 Å². The van der Waals surface area contributed by atoms with Crippen molar-refractivity contribution in [1.29, 1.82) is 5.26 Å². The zero-order chi connectivity index (χ0) is 18.0. The Bertz CT molecular complexity index is 1130. The highest BCUT2D eigenvalue weighted by atomic mass is 79.9. The van der Waals surface area contributed by atoms with Crippen molar-refractivity contribution >= 4 is 44.2 Å². The maximum atomic E-state index is 12.2. The quantitative estimate of drug-likeness (QED) is 0.412. The van der Waals surface area contributed by atoms with Crippen molar-refractivity contribution in [3.8, 4) is 6.07 Å². The maximum absolute atomic E-state index is 12.2. The minimum absolute atomic E-state index is 0.0243. The van der Waals surface area contributed by atoms with E-state index in [2.05, 4.69) is 25.9 Å². The number of allylic oxidation sites excluding steroid dienone is 1. The number of hydrogen-bond acceptors (Lipinski definition) is 5. The van der Waals surface area contributed by atoms with Crippen molar-refractivity contribution < 1.29 is 4.92 Å². The van der Waals surface area contributed by atoms with Gasteiger partial charge in [0.05, 0.1) is 27.0 Å². The summed E-state index contributed by atoms with van der Waals surface area (Å²) in [4.78, 5) is 29.6. The number of para-hydroxylation sites is 1. The monoisotopic (exact) mass is 396 g/mol. The van der Waals surface area contributed by atoms with Crippen LogP contribution in [0.1, 0.15) is 11.4 Å². The molecule has 0 amide bonds. The molecule has 122 valence electrons. The van der Waals surface area contributed by atoms with Crippen LogP contribution in [-0.4, -0.2) is 14.9 Å². The van der Waals surface area contributed by atoms with Gasteiger partial charge in [-0.3, -0.25) is 14.9 Å². The molecule has 0 radical (unpaired) electrons. The van der Waals surface area contributed by atoms with Crippen molar-refractivity contribution in [2.24, 2.45) is 0 Å². The van der Waals surface area contributed by atoms with Crippen molar-refractivity contribution in [2.45, 2.75) is 0 Å². The molecule has 0 unspecified atom stereocenters. The molecule has 0 atom stereocenters.